The number of rotatable bonds is 8. The predicted molar refractivity (Wildman–Crippen MR) is 138 cm³/mol. The van der Waals surface area contributed by atoms with Gasteiger partial charge in [-0.1, -0.05) is 18.2 Å². The van der Waals surface area contributed by atoms with E-state index in [1.165, 1.54) is 6.07 Å². The minimum Gasteiger partial charge on any atom is -0.506 e. The number of ether oxygens (including phenoxy) is 1. The number of nitrogens with one attached hydrogen (secondary N) is 1. The van der Waals surface area contributed by atoms with E-state index in [2.05, 4.69) is 34.8 Å². The number of aliphatic hydroxyl groups is 1. The minimum atomic E-state index is -0.836. The number of benzene rings is 2. The molecule has 0 amide bonds. The van der Waals surface area contributed by atoms with Crippen LogP contribution in [0.4, 0.5) is 10.1 Å². The summed E-state index contributed by atoms with van der Waals surface area (Å²) in [4.78, 5) is 5.15. The average Bonchev–Trinajstić information content (AvgIpc) is 2.83. The summed E-state index contributed by atoms with van der Waals surface area (Å²) in [5, 5.41) is 23.3. The number of nitrogen functional groups attached to an aromatic ring is 1. The zero-order chi connectivity index (χ0) is 25.0. The number of hydrogen-bond donors (Lipinski definition) is 5. The lowest BCUT2D eigenvalue weighted by molar-refractivity contribution is -0.131. The molecule has 0 bridgehead atoms. The fourth-order valence-electron chi connectivity index (χ4n) is 5.09. The highest BCUT2D eigenvalue weighted by Crippen LogP contribution is 2.33. The van der Waals surface area contributed by atoms with Crippen molar-refractivity contribution in [2.45, 2.75) is 42.4 Å². The molecule has 2 saturated heterocycles. The summed E-state index contributed by atoms with van der Waals surface area (Å²) in [6.07, 6.45) is 1.73. The van der Waals surface area contributed by atoms with Crippen molar-refractivity contribution in [1.29, 1.82) is 0 Å². The summed E-state index contributed by atoms with van der Waals surface area (Å²) in [7, 11) is 2.16. The van der Waals surface area contributed by atoms with E-state index in [9.17, 15) is 14.6 Å². The molecule has 2 fully saturated rings. The summed E-state index contributed by atoms with van der Waals surface area (Å²) >= 11 is 4.30. The second kappa shape index (κ2) is 11.5. The van der Waals surface area contributed by atoms with Crippen molar-refractivity contribution in [2.75, 3.05) is 58.7 Å². The Balaban J connectivity index is 1.25. The molecule has 0 aliphatic carbocycles. The highest BCUT2D eigenvalue weighted by Gasteiger charge is 2.38. The maximum atomic E-state index is 14.4. The first-order chi connectivity index (χ1) is 16.8. The molecule has 2 heterocycles. The van der Waals surface area contributed by atoms with Gasteiger partial charge in [-0.15, -0.1) is 12.6 Å². The van der Waals surface area contributed by atoms with Crippen molar-refractivity contribution in [3.05, 3.63) is 52.8 Å². The van der Waals surface area contributed by atoms with Crippen LogP contribution in [0.3, 0.4) is 0 Å². The summed E-state index contributed by atoms with van der Waals surface area (Å²) in [5.74, 6) is -0.274. The lowest BCUT2D eigenvalue weighted by Gasteiger charge is -2.46. The normalized spacial score (nSPS) is 19.8. The molecule has 0 saturated carbocycles. The lowest BCUT2D eigenvalue weighted by Crippen LogP contribution is -2.55. The third-order valence-electron chi connectivity index (χ3n) is 7.22. The number of anilines is 1. The molecule has 5 N–H and O–H groups in total. The number of aromatic hydroxyl groups is 1. The number of likely N-dealkylation sites (N-methyl/N-ethyl adjacent to an activating group) is 1. The first-order valence-electron chi connectivity index (χ1n) is 12.3. The van der Waals surface area contributed by atoms with Gasteiger partial charge in [-0.25, -0.2) is 4.39 Å². The van der Waals surface area contributed by atoms with E-state index in [1.807, 2.05) is 12.1 Å². The van der Waals surface area contributed by atoms with Crippen molar-refractivity contribution in [2.24, 2.45) is 0 Å². The van der Waals surface area contributed by atoms with Gasteiger partial charge in [0.15, 0.2) is 0 Å². The van der Waals surface area contributed by atoms with Crippen molar-refractivity contribution >= 4 is 18.3 Å². The molecule has 35 heavy (non-hydrogen) atoms. The Labute approximate surface area is 212 Å². The highest BCUT2D eigenvalue weighted by molar-refractivity contribution is 7.80. The maximum absolute atomic E-state index is 14.4. The van der Waals surface area contributed by atoms with Crippen LogP contribution in [0.5, 0.6) is 5.75 Å². The van der Waals surface area contributed by atoms with E-state index in [1.54, 1.807) is 12.1 Å². The number of phenols is 1. The molecule has 2 aliphatic heterocycles. The summed E-state index contributed by atoms with van der Waals surface area (Å²) in [6.45, 7) is 6.36. The number of thiol groups is 1. The number of aliphatic hydroxyl groups excluding tert-OH is 1. The second-order valence-electron chi connectivity index (χ2n) is 9.88. The Morgan fingerprint density at radius 1 is 1.23 bits per heavy atom. The van der Waals surface area contributed by atoms with E-state index in [0.29, 0.717) is 29.0 Å². The van der Waals surface area contributed by atoms with Crippen molar-refractivity contribution in [3.8, 4) is 5.75 Å². The maximum Gasteiger partial charge on any atom is 0.139 e. The van der Waals surface area contributed by atoms with E-state index in [4.69, 9.17) is 10.5 Å². The summed E-state index contributed by atoms with van der Waals surface area (Å²) in [5.41, 5.74) is 8.23. The Hall–Kier alpha value is -1.88. The van der Waals surface area contributed by atoms with Crippen molar-refractivity contribution in [3.63, 3.8) is 0 Å². The van der Waals surface area contributed by atoms with E-state index < -0.39 is 6.10 Å². The van der Waals surface area contributed by atoms with Gasteiger partial charge in [0.25, 0.3) is 0 Å². The van der Waals surface area contributed by atoms with Gasteiger partial charge in [-0.3, -0.25) is 4.90 Å². The highest BCUT2D eigenvalue weighted by atomic mass is 32.1. The smallest absolute Gasteiger partial charge is 0.139 e. The fraction of sp³-hybridized carbons (Fsp3) is 0.538. The van der Waals surface area contributed by atoms with Gasteiger partial charge in [0, 0.05) is 44.2 Å². The van der Waals surface area contributed by atoms with Gasteiger partial charge in [-0.05, 0) is 61.7 Å². The molecular weight excluding hydrogens is 467 g/mol. The quantitative estimate of drug-likeness (QED) is 0.163. The molecule has 7 nitrogen and oxygen atoms in total. The Morgan fingerprint density at radius 3 is 2.74 bits per heavy atom. The Morgan fingerprint density at radius 2 is 2.00 bits per heavy atom. The van der Waals surface area contributed by atoms with Crippen LogP contribution in [0, 0.1) is 5.82 Å². The van der Waals surface area contributed by atoms with Gasteiger partial charge in [0.2, 0.25) is 0 Å². The molecule has 1 spiro atoms. The number of nitrogens with two attached hydrogens (primary N) is 1. The van der Waals surface area contributed by atoms with Crippen LogP contribution >= 0.6 is 12.6 Å². The molecule has 2 aromatic rings. The van der Waals surface area contributed by atoms with Gasteiger partial charge in [-0.2, -0.15) is 0 Å². The third-order valence-corrected chi connectivity index (χ3v) is 7.72. The molecule has 192 valence electrons. The number of nitrogens with zero attached hydrogens (tertiary/aromatic N) is 2. The monoisotopic (exact) mass is 504 g/mol. The largest absolute Gasteiger partial charge is 0.506 e. The standard InChI is InChI=1S/C26H37FN4O3S/c1-30-12-13-34-26(17-30)7-10-31(11-8-26)16-18-2-4-21(27)19(14-18)6-9-29-15-23(33)20-3-5-22(32)24(28)25(20)35/h2-5,14,23,29,32-33,35H,6-13,15-17,28H2,1H3. The van der Waals surface area contributed by atoms with E-state index in [0.717, 1.165) is 57.7 Å². The second-order valence-corrected chi connectivity index (χ2v) is 10.3. The third kappa shape index (κ3) is 6.47. The van der Waals surface area contributed by atoms with Crippen LogP contribution in [0.1, 0.15) is 35.6 Å². The number of phenolic OH excluding ortho intramolecular Hbond substituents is 1. The van der Waals surface area contributed by atoms with Crippen LogP contribution in [0.25, 0.3) is 0 Å². The van der Waals surface area contributed by atoms with Gasteiger partial charge >= 0.3 is 0 Å². The van der Waals surface area contributed by atoms with Crippen LogP contribution in [0.2, 0.25) is 0 Å². The molecule has 2 aromatic carbocycles. The molecule has 1 atom stereocenters. The first-order valence-corrected chi connectivity index (χ1v) is 12.7. The molecule has 1 unspecified atom stereocenters. The average molecular weight is 505 g/mol. The number of hydrogen-bond acceptors (Lipinski definition) is 8. The van der Waals surface area contributed by atoms with Crippen molar-refractivity contribution in [1.82, 2.24) is 15.1 Å². The number of likely N-dealkylation sites (tertiary alicyclic amines) is 1. The SMILES string of the molecule is CN1CCOC2(CCN(Cc3ccc(F)c(CCNCC(O)c4ccc(O)c(N)c4S)c3)CC2)C1. The summed E-state index contributed by atoms with van der Waals surface area (Å²) in [6, 6.07) is 8.42. The number of morpholine rings is 1. The molecule has 0 aromatic heterocycles. The van der Waals surface area contributed by atoms with Crippen LogP contribution in [-0.4, -0.2) is 78.5 Å². The lowest BCUT2D eigenvalue weighted by atomic mass is 9.89. The fourth-order valence-corrected chi connectivity index (χ4v) is 5.42. The zero-order valence-corrected chi connectivity index (χ0v) is 21.2. The minimum absolute atomic E-state index is 0.00667. The van der Waals surface area contributed by atoms with Crippen LogP contribution < -0.4 is 11.1 Å². The molecule has 0 radical (unpaired) electrons. The van der Waals surface area contributed by atoms with Gasteiger partial charge < -0.3 is 30.9 Å². The molecule has 9 heteroatoms. The van der Waals surface area contributed by atoms with E-state index >= 15 is 0 Å². The zero-order valence-electron chi connectivity index (χ0n) is 20.3. The van der Waals surface area contributed by atoms with Gasteiger partial charge in [0.05, 0.1) is 24.0 Å². The number of piperidine rings is 1. The van der Waals surface area contributed by atoms with E-state index in [-0.39, 0.29) is 29.4 Å². The Bertz CT molecular complexity index is 1020. The summed E-state index contributed by atoms with van der Waals surface area (Å²) < 4.78 is 20.6. The van der Waals surface area contributed by atoms with Crippen molar-refractivity contribution < 1.29 is 19.3 Å². The topological polar surface area (TPSA) is 94.2 Å². The molecular formula is C26H37FN4O3S. The van der Waals surface area contributed by atoms with Gasteiger partial charge in [0.1, 0.15) is 11.6 Å². The van der Waals surface area contributed by atoms with Crippen LogP contribution in [0.15, 0.2) is 35.2 Å². The molecule has 2 aliphatic rings. The predicted octanol–water partition coefficient (Wildman–Crippen LogP) is 2.56. The number of halogens is 1. The Kier molecular flexibility index (Phi) is 8.57. The first kappa shape index (κ1) is 26.2. The molecule has 4 rings (SSSR count). The van der Waals surface area contributed by atoms with Crippen LogP contribution in [-0.2, 0) is 17.7 Å².